The van der Waals surface area contributed by atoms with Crippen LogP contribution >= 0.6 is 0 Å². The molecule has 2 fully saturated rings. The van der Waals surface area contributed by atoms with Crippen molar-refractivity contribution in [1.29, 1.82) is 0 Å². The average molecular weight is 394 g/mol. The van der Waals surface area contributed by atoms with E-state index in [1.807, 2.05) is 10.6 Å². The Labute approximate surface area is 169 Å². The van der Waals surface area contributed by atoms with E-state index in [9.17, 15) is 4.79 Å². The minimum absolute atomic E-state index is 0.0443. The molecule has 2 aliphatic rings. The molecule has 0 N–H and O–H groups in total. The summed E-state index contributed by atoms with van der Waals surface area (Å²) in [5.41, 5.74) is 0.777. The van der Waals surface area contributed by atoms with Gasteiger partial charge in [-0.2, -0.15) is 4.52 Å². The molecule has 0 unspecified atom stereocenters. The van der Waals surface area contributed by atoms with Gasteiger partial charge < -0.3 is 14.4 Å². The molecule has 9 heteroatoms. The zero-order valence-corrected chi connectivity index (χ0v) is 16.5. The number of fused-ring (bicyclic) bond motifs is 1. The van der Waals surface area contributed by atoms with Gasteiger partial charge in [0.15, 0.2) is 11.5 Å². The molecule has 3 aromatic heterocycles. The summed E-state index contributed by atoms with van der Waals surface area (Å²) in [6, 6.07) is 4.08. The second-order valence-corrected chi connectivity index (χ2v) is 7.94. The third-order valence-corrected chi connectivity index (χ3v) is 6.11. The zero-order valence-electron chi connectivity index (χ0n) is 16.5. The van der Waals surface area contributed by atoms with Gasteiger partial charge in [0.25, 0.3) is 5.56 Å². The fourth-order valence-electron chi connectivity index (χ4n) is 4.39. The topological polar surface area (TPSA) is 84.5 Å². The van der Waals surface area contributed by atoms with Gasteiger partial charge in [0.05, 0.1) is 6.20 Å². The number of nitrogens with zero attached hydrogens (tertiary/aromatic N) is 8. The molecule has 0 amide bonds. The van der Waals surface area contributed by atoms with Crippen LogP contribution in [0.15, 0.2) is 35.5 Å². The Morgan fingerprint density at radius 1 is 1.00 bits per heavy atom. The first-order valence-corrected chi connectivity index (χ1v) is 10.5. The number of hydrogen-bond donors (Lipinski definition) is 0. The summed E-state index contributed by atoms with van der Waals surface area (Å²) in [5.74, 6) is 2.37. The van der Waals surface area contributed by atoms with Crippen LogP contribution in [0.1, 0.15) is 37.4 Å². The first kappa shape index (κ1) is 18.2. The van der Waals surface area contributed by atoms with E-state index in [-0.39, 0.29) is 5.56 Å². The van der Waals surface area contributed by atoms with Crippen LogP contribution in [-0.2, 0) is 6.54 Å². The maximum Gasteiger partial charge on any atom is 0.269 e. The highest BCUT2D eigenvalue weighted by Crippen LogP contribution is 2.27. The number of anilines is 1. The number of piperidine rings is 1. The predicted molar refractivity (Wildman–Crippen MR) is 109 cm³/mol. The van der Waals surface area contributed by atoms with E-state index in [0.717, 1.165) is 62.9 Å². The largest absolute Gasteiger partial charge is 0.355 e. The van der Waals surface area contributed by atoms with Gasteiger partial charge in [-0.25, -0.2) is 0 Å². The second-order valence-electron chi connectivity index (χ2n) is 7.94. The fourth-order valence-corrected chi connectivity index (χ4v) is 4.39. The molecule has 0 aliphatic carbocycles. The Morgan fingerprint density at radius 3 is 2.62 bits per heavy atom. The van der Waals surface area contributed by atoms with Crippen molar-refractivity contribution < 1.29 is 0 Å². The standard InChI is InChI=1S/C20H26N8O/c29-19-15-21-7-12-27(19)14-13-25-10-5-16(6-11-25)20-23-22-17-3-4-18(24-28(17)20)26-8-1-2-9-26/h3-4,7,12,15-16H,1-2,5-6,8-11,13-14H2. The molecule has 5 rings (SSSR count). The van der Waals surface area contributed by atoms with E-state index in [1.54, 1.807) is 17.0 Å². The van der Waals surface area contributed by atoms with Crippen LogP contribution in [0.25, 0.3) is 5.65 Å². The molecule has 0 spiro atoms. The Bertz CT molecular complexity index is 1030. The number of likely N-dealkylation sites (tertiary alicyclic amines) is 1. The van der Waals surface area contributed by atoms with Gasteiger partial charge in [0, 0.05) is 44.5 Å². The van der Waals surface area contributed by atoms with Crippen molar-refractivity contribution in [2.24, 2.45) is 0 Å². The summed E-state index contributed by atoms with van der Waals surface area (Å²) < 4.78 is 3.67. The molecule has 0 bridgehead atoms. The summed E-state index contributed by atoms with van der Waals surface area (Å²) in [4.78, 5) is 20.4. The van der Waals surface area contributed by atoms with Crippen molar-refractivity contribution in [2.45, 2.75) is 38.1 Å². The van der Waals surface area contributed by atoms with E-state index in [4.69, 9.17) is 5.10 Å². The Balaban J connectivity index is 1.24. The van der Waals surface area contributed by atoms with Gasteiger partial charge in [-0.1, -0.05) is 0 Å². The Morgan fingerprint density at radius 2 is 1.83 bits per heavy atom. The van der Waals surface area contributed by atoms with Crippen LogP contribution in [0.4, 0.5) is 5.82 Å². The molecule has 29 heavy (non-hydrogen) atoms. The number of aromatic nitrogens is 6. The van der Waals surface area contributed by atoms with E-state index in [2.05, 4.69) is 31.0 Å². The van der Waals surface area contributed by atoms with E-state index in [0.29, 0.717) is 12.5 Å². The van der Waals surface area contributed by atoms with E-state index in [1.165, 1.54) is 19.0 Å². The third-order valence-electron chi connectivity index (χ3n) is 6.11. The Kier molecular flexibility index (Phi) is 4.97. The summed E-state index contributed by atoms with van der Waals surface area (Å²) in [5, 5.41) is 13.7. The van der Waals surface area contributed by atoms with Crippen molar-refractivity contribution in [3.8, 4) is 0 Å². The molecular formula is C20H26N8O. The van der Waals surface area contributed by atoms with Gasteiger partial charge in [0.2, 0.25) is 0 Å². The Hall–Kier alpha value is -2.81. The molecule has 152 valence electrons. The number of hydrogen-bond acceptors (Lipinski definition) is 7. The predicted octanol–water partition coefficient (Wildman–Crippen LogP) is 1.16. The summed E-state index contributed by atoms with van der Waals surface area (Å²) in [7, 11) is 0. The minimum atomic E-state index is -0.0443. The van der Waals surface area contributed by atoms with E-state index < -0.39 is 0 Å². The van der Waals surface area contributed by atoms with Crippen LogP contribution in [0.5, 0.6) is 0 Å². The maximum atomic E-state index is 11.8. The van der Waals surface area contributed by atoms with Gasteiger partial charge in [0.1, 0.15) is 5.82 Å². The van der Waals surface area contributed by atoms with E-state index >= 15 is 0 Å². The van der Waals surface area contributed by atoms with Crippen molar-refractivity contribution in [1.82, 2.24) is 34.3 Å². The highest BCUT2D eigenvalue weighted by Gasteiger charge is 2.25. The summed E-state index contributed by atoms with van der Waals surface area (Å²) >= 11 is 0. The van der Waals surface area contributed by atoms with Crippen molar-refractivity contribution in [3.05, 3.63) is 46.9 Å². The minimum Gasteiger partial charge on any atom is -0.355 e. The lowest BCUT2D eigenvalue weighted by Gasteiger charge is -2.31. The molecule has 0 atom stereocenters. The molecule has 3 aromatic rings. The second kappa shape index (κ2) is 7.90. The zero-order chi connectivity index (χ0) is 19.6. The molecule has 9 nitrogen and oxygen atoms in total. The normalized spacial score (nSPS) is 18.7. The summed E-state index contributed by atoms with van der Waals surface area (Å²) in [6.45, 7) is 5.70. The molecule has 2 saturated heterocycles. The summed E-state index contributed by atoms with van der Waals surface area (Å²) in [6.07, 6.45) is 9.31. The fraction of sp³-hybridized carbons (Fsp3) is 0.550. The molecule has 2 aliphatic heterocycles. The lowest BCUT2D eigenvalue weighted by Crippen LogP contribution is -2.37. The molecule has 0 radical (unpaired) electrons. The molecular weight excluding hydrogens is 368 g/mol. The smallest absolute Gasteiger partial charge is 0.269 e. The third kappa shape index (κ3) is 3.74. The molecule has 0 aromatic carbocycles. The van der Waals surface area contributed by atoms with Crippen molar-refractivity contribution >= 4 is 11.5 Å². The van der Waals surface area contributed by atoms with Crippen LogP contribution in [0, 0.1) is 0 Å². The van der Waals surface area contributed by atoms with Crippen LogP contribution in [-0.4, -0.2) is 67.0 Å². The van der Waals surface area contributed by atoms with Gasteiger partial charge >= 0.3 is 0 Å². The van der Waals surface area contributed by atoms with Crippen LogP contribution < -0.4 is 10.5 Å². The lowest BCUT2D eigenvalue weighted by molar-refractivity contribution is 0.201. The van der Waals surface area contributed by atoms with Gasteiger partial charge in [-0.3, -0.25) is 9.78 Å². The highest BCUT2D eigenvalue weighted by atomic mass is 16.1. The highest BCUT2D eigenvalue weighted by molar-refractivity contribution is 5.46. The van der Waals surface area contributed by atoms with Crippen molar-refractivity contribution in [3.63, 3.8) is 0 Å². The molecule has 0 saturated carbocycles. The SMILES string of the molecule is O=c1cnccn1CCN1CCC(c2nnc3ccc(N4CCCC4)nn23)CC1. The van der Waals surface area contributed by atoms with Crippen LogP contribution in [0.2, 0.25) is 0 Å². The quantitative estimate of drug-likeness (QED) is 0.642. The first-order chi connectivity index (χ1) is 14.3. The maximum absolute atomic E-state index is 11.8. The average Bonchev–Trinajstić information content (AvgIpc) is 3.43. The van der Waals surface area contributed by atoms with Gasteiger partial charge in [-0.05, 0) is 50.9 Å². The first-order valence-electron chi connectivity index (χ1n) is 10.5. The van der Waals surface area contributed by atoms with Gasteiger partial charge in [-0.15, -0.1) is 15.3 Å². The molecule has 5 heterocycles. The monoisotopic (exact) mass is 394 g/mol. The van der Waals surface area contributed by atoms with Crippen molar-refractivity contribution in [2.75, 3.05) is 37.6 Å². The van der Waals surface area contributed by atoms with Crippen LogP contribution in [0.3, 0.4) is 0 Å². The lowest BCUT2D eigenvalue weighted by atomic mass is 9.96. The number of rotatable bonds is 5.